The first-order valence-corrected chi connectivity index (χ1v) is 9.47. The molecule has 0 aliphatic rings. The third kappa shape index (κ3) is 5.16. The number of carbonyl (C=O) groups excluding carboxylic acids is 3. The predicted octanol–water partition coefficient (Wildman–Crippen LogP) is 1.11. The summed E-state index contributed by atoms with van der Waals surface area (Å²) in [7, 11) is -3.81. The number of nitrogens with one attached hydrogen (secondary N) is 1. The van der Waals surface area contributed by atoms with Crippen LogP contribution in [0.15, 0.2) is 23.1 Å². The second-order valence-corrected chi connectivity index (χ2v) is 7.48. The van der Waals surface area contributed by atoms with Gasteiger partial charge in [0, 0.05) is 13.1 Å². The number of hydrogen-bond acceptors (Lipinski definition) is 6. The van der Waals surface area contributed by atoms with Gasteiger partial charge in [0.1, 0.15) is 0 Å². The molecule has 1 atom stereocenters. The SMILES string of the molecule is CCN(CC)S(=O)(=O)c1ccc(Cl)c(C(=O)OC(C)C(=O)NC(N)=O)c1. The second-order valence-electron chi connectivity index (χ2n) is 5.13. The van der Waals surface area contributed by atoms with Crippen molar-refractivity contribution in [3.05, 3.63) is 28.8 Å². The maximum Gasteiger partial charge on any atom is 0.340 e. The largest absolute Gasteiger partial charge is 0.449 e. The van der Waals surface area contributed by atoms with Gasteiger partial charge in [0.05, 0.1) is 15.5 Å². The van der Waals surface area contributed by atoms with Crippen LogP contribution in [0.4, 0.5) is 4.79 Å². The standard InChI is InChI=1S/C15H20ClN3O6S/c1-4-19(5-2)26(23,24)10-6-7-12(16)11(8-10)14(21)25-9(3)13(20)18-15(17)22/h6-9H,4-5H2,1-3H3,(H3,17,18,20,22). The molecule has 3 amide bonds. The molecule has 26 heavy (non-hydrogen) atoms. The van der Waals surface area contributed by atoms with E-state index >= 15 is 0 Å². The number of benzene rings is 1. The van der Waals surface area contributed by atoms with E-state index < -0.39 is 34.0 Å². The van der Waals surface area contributed by atoms with E-state index in [9.17, 15) is 22.8 Å². The minimum Gasteiger partial charge on any atom is -0.449 e. The molecule has 0 radical (unpaired) electrons. The number of nitrogens with two attached hydrogens (primary N) is 1. The van der Waals surface area contributed by atoms with Gasteiger partial charge in [-0.2, -0.15) is 4.31 Å². The number of ether oxygens (including phenoxy) is 1. The van der Waals surface area contributed by atoms with Gasteiger partial charge in [0.25, 0.3) is 5.91 Å². The fourth-order valence-corrected chi connectivity index (χ4v) is 3.71. The number of halogens is 1. The molecule has 144 valence electrons. The Balaban J connectivity index is 3.12. The van der Waals surface area contributed by atoms with Gasteiger partial charge in [0.15, 0.2) is 6.10 Å². The van der Waals surface area contributed by atoms with Gasteiger partial charge in [-0.25, -0.2) is 18.0 Å². The molecule has 0 spiro atoms. The Hall–Kier alpha value is -2.17. The average molecular weight is 406 g/mol. The van der Waals surface area contributed by atoms with E-state index in [0.717, 1.165) is 6.07 Å². The smallest absolute Gasteiger partial charge is 0.340 e. The van der Waals surface area contributed by atoms with Crippen molar-refractivity contribution in [2.75, 3.05) is 13.1 Å². The number of amides is 3. The number of imide groups is 1. The quantitative estimate of drug-likeness (QED) is 0.652. The molecule has 0 aliphatic carbocycles. The highest BCUT2D eigenvalue weighted by Crippen LogP contribution is 2.24. The van der Waals surface area contributed by atoms with Crippen LogP contribution in [0, 0.1) is 0 Å². The minimum absolute atomic E-state index is 0.0454. The molecule has 11 heteroatoms. The molecule has 0 bridgehead atoms. The van der Waals surface area contributed by atoms with Crippen LogP contribution in [0.25, 0.3) is 0 Å². The molecule has 0 aliphatic heterocycles. The van der Waals surface area contributed by atoms with Crippen molar-refractivity contribution < 1.29 is 27.5 Å². The third-order valence-electron chi connectivity index (χ3n) is 3.40. The summed E-state index contributed by atoms with van der Waals surface area (Å²) in [6.45, 7) is 5.11. The van der Waals surface area contributed by atoms with Gasteiger partial charge < -0.3 is 10.5 Å². The second kappa shape index (κ2) is 8.97. The predicted molar refractivity (Wildman–Crippen MR) is 94.2 cm³/mol. The number of rotatable bonds is 7. The molecule has 0 saturated carbocycles. The lowest BCUT2D eigenvalue weighted by atomic mass is 10.2. The summed E-state index contributed by atoms with van der Waals surface area (Å²) in [6.07, 6.45) is -1.34. The molecule has 0 heterocycles. The zero-order valence-corrected chi connectivity index (χ0v) is 16.1. The Morgan fingerprint density at radius 1 is 1.27 bits per heavy atom. The molecule has 0 aromatic heterocycles. The van der Waals surface area contributed by atoms with Crippen LogP contribution >= 0.6 is 11.6 Å². The van der Waals surface area contributed by atoms with Crippen LogP contribution in [0.1, 0.15) is 31.1 Å². The highest BCUT2D eigenvalue weighted by atomic mass is 35.5. The molecule has 0 fully saturated rings. The van der Waals surface area contributed by atoms with Gasteiger partial charge in [-0.15, -0.1) is 0 Å². The topological polar surface area (TPSA) is 136 Å². The first-order chi connectivity index (χ1) is 12.0. The van der Waals surface area contributed by atoms with Gasteiger partial charge in [-0.05, 0) is 25.1 Å². The minimum atomic E-state index is -3.81. The summed E-state index contributed by atoms with van der Waals surface area (Å²) in [5.41, 5.74) is 4.59. The van der Waals surface area contributed by atoms with E-state index in [-0.39, 0.29) is 28.6 Å². The van der Waals surface area contributed by atoms with E-state index in [2.05, 4.69) is 0 Å². The van der Waals surface area contributed by atoms with Crippen molar-refractivity contribution in [3.8, 4) is 0 Å². The summed E-state index contributed by atoms with van der Waals surface area (Å²) in [5, 5.41) is 1.72. The van der Waals surface area contributed by atoms with Gasteiger partial charge in [-0.3, -0.25) is 10.1 Å². The Bertz CT molecular complexity index is 808. The van der Waals surface area contributed by atoms with E-state index in [0.29, 0.717) is 0 Å². The maximum absolute atomic E-state index is 12.5. The van der Waals surface area contributed by atoms with Gasteiger partial charge >= 0.3 is 12.0 Å². The van der Waals surface area contributed by atoms with Crippen molar-refractivity contribution in [1.82, 2.24) is 9.62 Å². The van der Waals surface area contributed by atoms with Crippen LogP contribution in [-0.4, -0.2) is 49.8 Å². The van der Waals surface area contributed by atoms with Crippen molar-refractivity contribution in [2.24, 2.45) is 5.73 Å². The Morgan fingerprint density at radius 3 is 2.35 bits per heavy atom. The molecule has 0 saturated heterocycles. The van der Waals surface area contributed by atoms with E-state index in [1.54, 1.807) is 19.2 Å². The Labute approximate surface area is 156 Å². The van der Waals surface area contributed by atoms with Crippen molar-refractivity contribution in [2.45, 2.75) is 31.8 Å². The number of carbonyl (C=O) groups is 3. The molecule has 1 unspecified atom stereocenters. The van der Waals surface area contributed by atoms with Crippen LogP contribution in [-0.2, 0) is 19.6 Å². The molecule has 1 rings (SSSR count). The zero-order chi connectivity index (χ0) is 20.1. The summed E-state index contributed by atoms with van der Waals surface area (Å²) in [6, 6.07) is 2.51. The first-order valence-electron chi connectivity index (χ1n) is 7.65. The molecule has 9 nitrogen and oxygen atoms in total. The van der Waals surface area contributed by atoms with Gasteiger partial charge in [-0.1, -0.05) is 25.4 Å². The zero-order valence-electron chi connectivity index (χ0n) is 14.5. The van der Waals surface area contributed by atoms with E-state index in [1.807, 2.05) is 0 Å². The first kappa shape index (κ1) is 21.9. The summed E-state index contributed by atoms with van der Waals surface area (Å²) < 4.78 is 31.2. The molecular formula is C15H20ClN3O6S. The number of esters is 1. The lowest BCUT2D eigenvalue weighted by Crippen LogP contribution is -2.42. The van der Waals surface area contributed by atoms with Crippen molar-refractivity contribution >= 4 is 39.5 Å². The molecule has 1 aromatic rings. The summed E-state index contributed by atoms with van der Waals surface area (Å²) in [5.74, 6) is -1.94. The van der Waals surface area contributed by atoms with Crippen molar-refractivity contribution in [1.29, 1.82) is 0 Å². The fourth-order valence-electron chi connectivity index (χ4n) is 2.03. The van der Waals surface area contributed by atoms with Crippen molar-refractivity contribution in [3.63, 3.8) is 0 Å². The molecular weight excluding hydrogens is 386 g/mol. The monoisotopic (exact) mass is 405 g/mol. The molecule has 1 aromatic carbocycles. The lowest BCUT2D eigenvalue weighted by Gasteiger charge is -2.19. The van der Waals surface area contributed by atoms with E-state index in [4.69, 9.17) is 22.1 Å². The number of hydrogen-bond donors (Lipinski definition) is 2. The molecule has 3 N–H and O–H groups in total. The highest BCUT2D eigenvalue weighted by molar-refractivity contribution is 7.89. The fraction of sp³-hybridized carbons (Fsp3) is 0.400. The lowest BCUT2D eigenvalue weighted by molar-refractivity contribution is -0.127. The number of sulfonamides is 1. The Morgan fingerprint density at radius 2 is 1.85 bits per heavy atom. The number of urea groups is 1. The van der Waals surface area contributed by atoms with Crippen LogP contribution < -0.4 is 11.1 Å². The number of primary amides is 1. The highest BCUT2D eigenvalue weighted by Gasteiger charge is 2.26. The number of nitrogens with zero attached hydrogens (tertiary/aromatic N) is 1. The van der Waals surface area contributed by atoms with Crippen LogP contribution in [0.3, 0.4) is 0 Å². The van der Waals surface area contributed by atoms with Gasteiger partial charge in [0.2, 0.25) is 10.0 Å². The maximum atomic E-state index is 12.5. The third-order valence-corrected chi connectivity index (χ3v) is 5.78. The normalized spacial score (nSPS) is 12.5. The average Bonchev–Trinajstić information content (AvgIpc) is 2.55. The summed E-state index contributed by atoms with van der Waals surface area (Å²) in [4.78, 5) is 34.3. The van der Waals surface area contributed by atoms with Crippen LogP contribution in [0.2, 0.25) is 5.02 Å². The Kier molecular flexibility index (Phi) is 7.54. The van der Waals surface area contributed by atoms with E-state index in [1.165, 1.54) is 23.4 Å². The summed E-state index contributed by atoms with van der Waals surface area (Å²) >= 11 is 5.95. The van der Waals surface area contributed by atoms with Crippen LogP contribution in [0.5, 0.6) is 0 Å².